The maximum atomic E-state index is 5.67. The van der Waals surface area contributed by atoms with Crippen molar-refractivity contribution >= 4 is 69.9 Å². The first kappa shape index (κ1) is 15.2. The Kier molecular flexibility index (Phi) is 5.31. The average Bonchev–Trinajstić information content (AvgIpc) is 2.53. The molecule has 0 atom stereocenters. The van der Waals surface area contributed by atoms with Crippen molar-refractivity contribution < 1.29 is 0 Å². The summed E-state index contributed by atoms with van der Waals surface area (Å²) in [7, 11) is 0. The lowest BCUT2D eigenvalue weighted by Gasteiger charge is -2.11. The molecular weight excluding hydrogens is 342 g/mol. The molecule has 0 heterocycles. The van der Waals surface area contributed by atoms with Gasteiger partial charge >= 0.3 is 0 Å². The lowest BCUT2D eigenvalue weighted by molar-refractivity contribution is 1.59. The lowest BCUT2D eigenvalue weighted by atomic mass is 10.0. The summed E-state index contributed by atoms with van der Waals surface area (Å²) >= 11 is 22.5. The van der Waals surface area contributed by atoms with Crippen molar-refractivity contribution in [2.75, 3.05) is 19.3 Å². The summed E-state index contributed by atoms with van der Waals surface area (Å²) < 4.78 is 0. The Morgan fingerprint density at radius 1 is 0.500 bits per heavy atom. The van der Waals surface area contributed by atoms with Gasteiger partial charge < -0.3 is 0 Å². The maximum absolute atomic E-state index is 5.67. The predicted octanol–water partition coefficient (Wildman–Crippen LogP) is 5.62. The molecule has 0 amide bonds. The fraction of sp³-hybridized carbons (Fsp3) is 0. The molecule has 0 radical (unpaired) electrons. The van der Waals surface area contributed by atoms with E-state index in [0.717, 1.165) is 11.1 Å². The van der Waals surface area contributed by atoms with E-state index in [1.54, 1.807) is 0 Å². The van der Waals surface area contributed by atoms with Gasteiger partial charge in [-0.1, -0.05) is 12.1 Å². The Morgan fingerprint density at radius 2 is 0.850 bits per heavy atom. The zero-order chi connectivity index (χ0) is 14.5. The SMILES string of the molecule is ClNc1ccc(-c2ccc(NCl)c(NCl)c2)cc1NCl. The van der Waals surface area contributed by atoms with Crippen molar-refractivity contribution in [3.05, 3.63) is 36.4 Å². The number of hydrogen-bond donors (Lipinski definition) is 4. The Bertz CT molecular complexity index is 553. The quantitative estimate of drug-likeness (QED) is 0.528. The van der Waals surface area contributed by atoms with Gasteiger partial charge in [-0.15, -0.1) is 0 Å². The van der Waals surface area contributed by atoms with Crippen LogP contribution in [0.15, 0.2) is 36.4 Å². The van der Waals surface area contributed by atoms with E-state index in [1.807, 2.05) is 36.4 Å². The van der Waals surface area contributed by atoms with E-state index in [-0.39, 0.29) is 0 Å². The van der Waals surface area contributed by atoms with Crippen LogP contribution in [0.4, 0.5) is 22.7 Å². The molecule has 0 bridgehead atoms. The van der Waals surface area contributed by atoms with Gasteiger partial charge in [0.25, 0.3) is 0 Å². The predicted molar refractivity (Wildman–Crippen MR) is 89.8 cm³/mol. The average molecular weight is 352 g/mol. The number of anilines is 4. The zero-order valence-corrected chi connectivity index (χ0v) is 13.0. The van der Waals surface area contributed by atoms with Crippen molar-refractivity contribution in [1.82, 2.24) is 0 Å². The van der Waals surface area contributed by atoms with Gasteiger partial charge in [0.05, 0.1) is 22.7 Å². The summed E-state index contributed by atoms with van der Waals surface area (Å²) in [6.07, 6.45) is 0. The molecular formula is C12H10Cl4N4. The van der Waals surface area contributed by atoms with Gasteiger partial charge in [0, 0.05) is 47.1 Å². The fourth-order valence-corrected chi connectivity index (χ4v) is 2.41. The summed E-state index contributed by atoms with van der Waals surface area (Å²) in [5.74, 6) is 0. The molecule has 0 aromatic heterocycles. The second-order valence-corrected chi connectivity index (χ2v) is 4.65. The molecule has 0 aliphatic heterocycles. The molecule has 20 heavy (non-hydrogen) atoms. The van der Waals surface area contributed by atoms with Gasteiger partial charge in [-0.05, 0) is 35.4 Å². The number of halogens is 4. The lowest BCUT2D eigenvalue weighted by Crippen LogP contribution is -1.92. The standard InChI is InChI=1S/C12H10Cl4N4/c13-17-9-3-1-7(5-11(9)19-15)8-2-4-10(18-14)12(6-8)20-16/h1-6,17-20H. The van der Waals surface area contributed by atoms with E-state index in [9.17, 15) is 0 Å². The Morgan fingerprint density at radius 3 is 1.15 bits per heavy atom. The number of hydrogen-bond acceptors (Lipinski definition) is 4. The van der Waals surface area contributed by atoms with Crippen molar-refractivity contribution in [3.8, 4) is 11.1 Å². The highest BCUT2D eigenvalue weighted by atomic mass is 35.5. The molecule has 0 saturated heterocycles. The van der Waals surface area contributed by atoms with Gasteiger partial charge in [-0.2, -0.15) is 0 Å². The summed E-state index contributed by atoms with van der Waals surface area (Å²) in [5, 5.41) is 0. The highest BCUT2D eigenvalue weighted by molar-refractivity contribution is 6.29. The molecule has 0 aliphatic rings. The molecule has 0 saturated carbocycles. The van der Waals surface area contributed by atoms with Gasteiger partial charge in [0.1, 0.15) is 0 Å². The van der Waals surface area contributed by atoms with Crippen LogP contribution in [0.1, 0.15) is 0 Å². The monoisotopic (exact) mass is 350 g/mol. The summed E-state index contributed by atoms with van der Waals surface area (Å²) in [6.45, 7) is 0. The second kappa shape index (κ2) is 6.99. The molecule has 0 fully saturated rings. The van der Waals surface area contributed by atoms with E-state index in [4.69, 9.17) is 47.1 Å². The van der Waals surface area contributed by atoms with E-state index in [2.05, 4.69) is 19.3 Å². The number of benzene rings is 2. The van der Waals surface area contributed by atoms with E-state index >= 15 is 0 Å². The van der Waals surface area contributed by atoms with Crippen molar-refractivity contribution in [2.24, 2.45) is 0 Å². The summed E-state index contributed by atoms with van der Waals surface area (Å²) in [4.78, 5) is 10.2. The zero-order valence-electron chi connectivity index (χ0n) is 9.98. The Hall–Kier alpha value is -1.20. The normalized spacial score (nSPS) is 10.0. The summed E-state index contributed by atoms with van der Waals surface area (Å²) in [5.41, 5.74) is 4.58. The van der Waals surface area contributed by atoms with Crippen molar-refractivity contribution in [3.63, 3.8) is 0 Å². The van der Waals surface area contributed by atoms with Crippen LogP contribution in [0.2, 0.25) is 0 Å². The molecule has 2 rings (SSSR count). The molecule has 4 nitrogen and oxygen atoms in total. The molecule has 0 spiro atoms. The minimum absolute atomic E-state index is 0.666. The van der Waals surface area contributed by atoms with Crippen molar-refractivity contribution in [1.29, 1.82) is 0 Å². The van der Waals surface area contributed by atoms with Crippen LogP contribution in [0, 0.1) is 0 Å². The second-order valence-electron chi connectivity index (χ2n) is 3.90. The third kappa shape index (κ3) is 3.10. The fourth-order valence-electron chi connectivity index (χ4n) is 1.77. The first-order chi connectivity index (χ1) is 9.73. The van der Waals surface area contributed by atoms with E-state index < -0.39 is 0 Å². The third-order valence-electron chi connectivity index (χ3n) is 2.78. The van der Waals surface area contributed by atoms with Crippen LogP contribution < -0.4 is 19.3 Å². The van der Waals surface area contributed by atoms with Gasteiger partial charge in [0.2, 0.25) is 0 Å². The largest absolute Gasteiger partial charge is 0.296 e. The third-order valence-corrected chi connectivity index (χ3v) is 3.59. The molecule has 4 N–H and O–H groups in total. The number of nitrogens with one attached hydrogen (secondary N) is 4. The first-order valence-corrected chi connectivity index (χ1v) is 6.99. The topological polar surface area (TPSA) is 48.1 Å². The highest BCUT2D eigenvalue weighted by Gasteiger charge is 2.07. The smallest absolute Gasteiger partial charge is 0.0741 e. The Labute approximate surface area is 136 Å². The molecule has 106 valence electrons. The maximum Gasteiger partial charge on any atom is 0.0741 e. The minimum atomic E-state index is 0.666. The van der Waals surface area contributed by atoms with Crippen LogP contribution in [0.5, 0.6) is 0 Å². The summed E-state index contributed by atoms with van der Waals surface area (Å²) in [6, 6.07) is 11.2. The highest BCUT2D eigenvalue weighted by Crippen LogP contribution is 2.33. The van der Waals surface area contributed by atoms with Crippen LogP contribution >= 0.6 is 47.1 Å². The molecule has 8 heteroatoms. The van der Waals surface area contributed by atoms with Crippen LogP contribution in [0.25, 0.3) is 11.1 Å². The van der Waals surface area contributed by atoms with Crippen LogP contribution in [-0.2, 0) is 0 Å². The number of rotatable bonds is 5. The van der Waals surface area contributed by atoms with Gasteiger partial charge in [0.15, 0.2) is 0 Å². The van der Waals surface area contributed by atoms with Gasteiger partial charge in [-0.25, -0.2) is 0 Å². The molecule has 0 unspecified atom stereocenters. The molecule has 2 aromatic carbocycles. The van der Waals surface area contributed by atoms with Crippen LogP contribution in [0.3, 0.4) is 0 Å². The van der Waals surface area contributed by atoms with Crippen LogP contribution in [-0.4, -0.2) is 0 Å². The molecule has 2 aromatic rings. The van der Waals surface area contributed by atoms with Crippen molar-refractivity contribution in [2.45, 2.75) is 0 Å². The van der Waals surface area contributed by atoms with E-state index in [1.165, 1.54) is 0 Å². The Balaban J connectivity index is 2.46. The van der Waals surface area contributed by atoms with Gasteiger partial charge in [-0.3, -0.25) is 19.3 Å². The molecule has 0 aliphatic carbocycles. The minimum Gasteiger partial charge on any atom is -0.296 e. The first-order valence-electron chi connectivity index (χ1n) is 5.48. The van der Waals surface area contributed by atoms with E-state index in [0.29, 0.717) is 22.7 Å².